The maximum Gasteiger partial charge on any atom is 0.251 e. The number of rotatable bonds is 3. The number of amides is 1. The van der Waals surface area contributed by atoms with Crippen LogP contribution < -0.4 is 5.32 Å². The molecule has 1 aromatic carbocycles. The number of nitrogens with one attached hydrogen (secondary N) is 1. The van der Waals surface area contributed by atoms with Crippen molar-refractivity contribution in [3.63, 3.8) is 0 Å². The SMILES string of the molecule is C#CCCNC(=O)c1ccc(I)cc1. The van der Waals surface area contributed by atoms with Crippen molar-refractivity contribution < 1.29 is 4.79 Å². The Kier molecular flexibility index (Phi) is 4.47. The van der Waals surface area contributed by atoms with Crippen LogP contribution in [-0.4, -0.2) is 12.5 Å². The van der Waals surface area contributed by atoms with Gasteiger partial charge in [0.25, 0.3) is 5.91 Å². The Hall–Kier alpha value is -1.02. The van der Waals surface area contributed by atoms with E-state index in [1.165, 1.54) is 0 Å². The zero-order valence-corrected chi connectivity index (χ0v) is 9.74. The van der Waals surface area contributed by atoms with Crippen molar-refractivity contribution in [2.45, 2.75) is 6.42 Å². The second-order valence-electron chi connectivity index (χ2n) is 2.72. The van der Waals surface area contributed by atoms with Crippen LogP contribution in [0.25, 0.3) is 0 Å². The van der Waals surface area contributed by atoms with Crippen LogP contribution in [0.1, 0.15) is 16.8 Å². The molecule has 0 aliphatic carbocycles. The minimum absolute atomic E-state index is 0.0725. The number of halogens is 1. The Balaban J connectivity index is 2.53. The summed E-state index contributed by atoms with van der Waals surface area (Å²) >= 11 is 2.20. The average molecular weight is 299 g/mol. The third-order valence-corrected chi connectivity index (χ3v) is 2.38. The van der Waals surface area contributed by atoms with E-state index in [1.54, 1.807) is 12.1 Å². The number of carbonyl (C=O) groups is 1. The molecule has 0 saturated carbocycles. The summed E-state index contributed by atoms with van der Waals surface area (Å²) in [6, 6.07) is 7.40. The van der Waals surface area contributed by atoms with E-state index in [9.17, 15) is 4.79 Å². The van der Waals surface area contributed by atoms with Crippen molar-refractivity contribution in [2.75, 3.05) is 6.54 Å². The Morgan fingerprint density at radius 3 is 2.64 bits per heavy atom. The molecule has 0 unspecified atom stereocenters. The molecule has 0 atom stereocenters. The number of benzene rings is 1. The molecular formula is C11H10INO. The zero-order valence-electron chi connectivity index (χ0n) is 7.59. The molecule has 1 rings (SSSR count). The van der Waals surface area contributed by atoms with Crippen molar-refractivity contribution in [3.8, 4) is 12.3 Å². The van der Waals surface area contributed by atoms with Gasteiger partial charge in [-0.05, 0) is 46.9 Å². The van der Waals surface area contributed by atoms with E-state index in [4.69, 9.17) is 6.42 Å². The quantitative estimate of drug-likeness (QED) is 0.516. The first-order valence-corrected chi connectivity index (χ1v) is 5.29. The topological polar surface area (TPSA) is 29.1 Å². The maximum atomic E-state index is 11.4. The lowest BCUT2D eigenvalue weighted by Crippen LogP contribution is -2.24. The molecule has 72 valence electrons. The van der Waals surface area contributed by atoms with E-state index in [-0.39, 0.29) is 5.91 Å². The van der Waals surface area contributed by atoms with Gasteiger partial charge in [-0.25, -0.2) is 0 Å². The third kappa shape index (κ3) is 3.38. The summed E-state index contributed by atoms with van der Waals surface area (Å²) < 4.78 is 1.11. The van der Waals surface area contributed by atoms with Gasteiger partial charge in [-0.2, -0.15) is 0 Å². The summed E-state index contributed by atoms with van der Waals surface area (Å²) in [7, 11) is 0. The van der Waals surface area contributed by atoms with E-state index in [1.807, 2.05) is 12.1 Å². The van der Waals surface area contributed by atoms with Gasteiger partial charge in [0, 0.05) is 22.1 Å². The summed E-state index contributed by atoms with van der Waals surface area (Å²) in [4.78, 5) is 11.4. The van der Waals surface area contributed by atoms with Crippen molar-refractivity contribution in [1.82, 2.24) is 5.32 Å². The maximum absolute atomic E-state index is 11.4. The minimum atomic E-state index is -0.0725. The van der Waals surface area contributed by atoms with Crippen LogP contribution in [0.5, 0.6) is 0 Å². The summed E-state index contributed by atoms with van der Waals surface area (Å²) in [5, 5.41) is 2.74. The number of carbonyl (C=O) groups excluding carboxylic acids is 1. The van der Waals surface area contributed by atoms with Crippen molar-refractivity contribution >= 4 is 28.5 Å². The van der Waals surface area contributed by atoms with Crippen LogP contribution in [-0.2, 0) is 0 Å². The molecule has 0 aliphatic heterocycles. The lowest BCUT2D eigenvalue weighted by atomic mass is 10.2. The largest absolute Gasteiger partial charge is 0.351 e. The molecule has 0 spiro atoms. The monoisotopic (exact) mass is 299 g/mol. The Labute approximate surface area is 97.2 Å². The van der Waals surface area contributed by atoms with Crippen LogP contribution in [0.3, 0.4) is 0 Å². The summed E-state index contributed by atoms with van der Waals surface area (Å²) in [6.45, 7) is 0.529. The fourth-order valence-corrected chi connectivity index (χ4v) is 1.31. The van der Waals surface area contributed by atoms with E-state index in [0.29, 0.717) is 18.5 Å². The van der Waals surface area contributed by atoms with Gasteiger partial charge < -0.3 is 5.32 Å². The molecule has 0 radical (unpaired) electrons. The molecule has 1 amide bonds. The van der Waals surface area contributed by atoms with Crippen LogP contribution in [0.2, 0.25) is 0 Å². The lowest BCUT2D eigenvalue weighted by molar-refractivity contribution is 0.0954. The highest BCUT2D eigenvalue weighted by Gasteiger charge is 2.02. The first-order valence-electron chi connectivity index (χ1n) is 4.21. The molecule has 1 N–H and O–H groups in total. The van der Waals surface area contributed by atoms with Gasteiger partial charge in [0.15, 0.2) is 0 Å². The van der Waals surface area contributed by atoms with Gasteiger partial charge >= 0.3 is 0 Å². The summed E-state index contributed by atoms with van der Waals surface area (Å²) in [6.07, 6.45) is 5.64. The lowest BCUT2D eigenvalue weighted by Gasteiger charge is -2.02. The van der Waals surface area contributed by atoms with Crippen molar-refractivity contribution in [2.24, 2.45) is 0 Å². The van der Waals surface area contributed by atoms with E-state index in [0.717, 1.165) is 3.57 Å². The van der Waals surface area contributed by atoms with Crippen LogP contribution in [0.4, 0.5) is 0 Å². The molecule has 3 heteroatoms. The second-order valence-corrected chi connectivity index (χ2v) is 3.96. The van der Waals surface area contributed by atoms with Crippen molar-refractivity contribution in [3.05, 3.63) is 33.4 Å². The van der Waals surface area contributed by atoms with Gasteiger partial charge in [0.05, 0.1) is 0 Å². The number of hydrogen-bond acceptors (Lipinski definition) is 1. The van der Waals surface area contributed by atoms with Gasteiger partial charge in [-0.3, -0.25) is 4.79 Å². The molecule has 1 aromatic rings. The molecule has 2 nitrogen and oxygen atoms in total. The van der Waals surface area contributed by atoms with Crippen LogP contribution in [0.15, 0.2) is 24.3 Å². The molecule has 14 heavy (non-hydrogen) atoms. The molecule has 0 bridgehead atoms. The predicted octanol–water partition coefficient (Wildman–Crippen LogP) is 2.04. The zero-order chi connectivity index (χ0) is 10.4. The number of terminal acetylenes is 1. The van der Waals surface area contributed by atoms with Gasteiger partial charge in [0.1, 0.15) is 0 Å². The summed E-state index contributed by atoms with van der Waals surface area (Å²) in [5.74, 6) is 2.40. The first kappa shape index (κ1) is 11.1. The smallest absolute Gasteiger partial charge is 0.251 e. The number of hydrogen-bond donors (Lipinski definition) is 1. The average Bonchev–Trinajstić information content (AvgIpc) is 2.19. The summed E-state index contributed by atoms with van der Waals surface area (Å²) in [5.41, 5.74) is 0.669. The highest BCUT2D eigenvalue weighted by molar-refractivity contribution is 14.1. The predicted molar refractivity (Wildman–Crippen MR) is 64.9 cm³/mol. The molecule has 0 fully saturated rings. The van der Waals surface area contributed by atoms with E-state index >= 15 is 0 Å². The molecular weight excluding hydrogens is 289 g/mol. The van der Waals surface area contributed by atoms with Gasteiger partial charge in [0.2, 0.25) is 0 Å². The fourth-order valence-electron chi connectivity index (χ4n) is 0.952. The normalized spacial score (nSPS) is 9.14. The Bertz CT molecular complexity index is 351. The standard InChI is InChI=1S/C11H10INO/c1-2-3-8-13-11(14)9-4-6-10(12)7-5-9/h1,4-7H,3,8H2,(H,13,14). The van der Waals surface area contributed by atoms with Crippen LogP contribution in [0, 0.1) is 15.9 Å². The van der Waals surface area contributed by atoms with Crippen molar-refractivity contribution in [1.29, 1.82) is 0 Å². The third-order valence-electron chi connectivity index (χ3n) is 1.66. The molecule has 0 aromatic heterocycles. The van der Waals surface area contributed by atoms with Crippen LogP contribution >= 0.6 is 22.6 Å². The highest BCUT2D eigenvalue weighted by atomic mass is 127. The van der Waals surface area contributed by atoms with E-state index < -0.39 is 0 Å². The Morgan fingerprint density at radius 1 is 1.43 bits per heavy atom. The molecule has 0 saturated heterocycles. The Morgan fingerprint density at radius 2 is 2.07 bits per heavy atom. The first-order chi connectivity index (χ1) is 6.74. The van der Waals surface area contributed by atoms with Gasteiger partial charge in [-0.15, -0.1) is 12.3 Å². The highest BCUT2D eigenvalue weighted by Crippen LogP contribution is 2.06. The second kappa shape index (κ2) is 5.66. The fraction of sp³-hybridized carbons (Fsp3) is 0.182. The van der Waals surface area contributed by atoms with E-state index in [2.05, 4.69) is 33.8 Å². The minimum Gasteiger partial charge on any atom is -0.351 e. The molecule has 0 heterocycles. The van der Waals surface area contributed by atoms with Gasteiger partial charge in [-0.1, -0.05) is 0 Å². The molecule has 0 aliphatic rings.